The average molecular weight is 352 g/mol. The van der Waals surface area contributed by atoms with Gasteiger partial charge in [0.15, 0.2) is 0 Å². The Balaban J connectivity index is 1.78. The maximum atomic E-state index is 12.7. The monoisotopic (exact) mass is 352 g/mol. The first-order valence-corrected chi connectivity index (χ1v) is 9.81. The summed E-state index contributed by atoms with van der Waals surface area (Å²) in [5.41, 5.74) is 1.22. The van der Waals surface area contributed by atoms with E-state index in [0.717, 1.165) is 31.4 Å². The molecule has 1 aliphatic heterocycles. The van der Waals surface area contributed by atoms with E-state index in [1.54, 1.807) is 24.1 Å². The SMILES string of the molecule is Cc1ccc(S(=O)(=O)NC2CC2)cc1C(=O)N(C)CC1CCOC1. The molecule has 132 valence electrons. The zero-order valence-electron chi connectivity index (χ0n) is 14.1. The number of ether oxygens (including phenoxy) is 1. The van der Waals surface area contributed by atoms with Crippen LogP contribution in [0.1, 0.15) is 35.2 Å². The summed E-state index contributed by atoms with van der Waals surface area (Å²) < 4.78 is 32.7. The number of aryl methyl sites for hydroxylation is 1. The van der Waals surface area contributed by atoms with Crippen molar-refractivity contribution in [3.8, 4) is 0 Å². The molecule has 1 aromatic rings. The van der Waals surface area contributed by atoms with Crippen LogP contribution in [0.15, 0.2) is 23.1 Å². The number of benzene rings is 1. The van der Waals surface area contributed by atoms with Gasteiger partial charge in [-0.15, -0.1) is 0 Å². The lowest BCUT2D eigenvalue weighted by atomic mass is 10.1. The van der Waals surface area contributed by atoms with Gasteiger partial charge in [-0.25, -0.2) is 13.1 Å². The molecule has 1 amide bonds. The molecule has 24 heavy (non-hydrogen) atoms. The summed E-state index contributed by atoms with van der Waals surface area (Å²) in [4.78, 5) is 14.5. The Hall–Kier alpha value is -1.44. The van der Waals surface area contributed by atoms with Crippen molar-refractivity contribution in [2.45, 2.75) is 37.1 Å². The van der Waals surface area contributed by atoms with Gasteiger partial charge < -0.3 is 9.64 Å². The molecule has 1 heterocycles. The second-order valence-corrected chi connectivity index (χ2v) is 8.50. The van der Waals surface area contributed by atoms with E-state index in [2.05, 4.69) is 4.72 Å². The number of amides is 1. The summed E-state index contributed by atoms with van der Waals surface area (Å²) in [6.45, 7) is 3.86. The van der Waals surface area contributed by atoms with E-state index in [4.69, 9.17) is 4.74 Å². The first-order valence-electron chi connectivity index (χ1n) is 8.33. The summed E-state index contributed by atoms with van der Waals surface area (Å²) in [5.74, 6) is 0.200. The van der Waals surface area contributed by atoms with Crippen LogP contribution < -0.4 is 4.72 Å². The molecular weight excluding hydrogens is 328 g/mol. The molecule has 1 unspecified atom stereocenters. The molecule has 0 bridgehead atoms. The van der Waals surface area contributed by atoms with Crippen LogP contribution in [0.4, 0.5) is 0 Å². The van der Waals surface area contributed by atoms with Crippen molar-refractivity contribution in [1.29, 1.82) is 0 Å². The highest BCUT2D eigenvalue weighted by atomic mass is 32.2. The number of sulfonamides is 1. The summed E-state index contributed by atoms with van der Waals surface area (Å²) in [7, 11) is -1.80. The minimum Gasteiger partial charge on any atom is -0.381 e. The standard InChI is InChI=1S/C17H24N2O4S/c1-12-3-6-15(24(21,22)18-14-4-5-14)9-16(12)17(20)19(2)10-13-7-8-23-11-13/h3,6,9,13-14,18H,4-5,7-8,10-11H2,1-2H3. The summed E-state index contributed by atoms with van der Waals surface area (Å²) in [6.07, 6.45) is 2.71. The van der Waals surface area contributed by atoms with Crippen LogP contribution in [0.5, 0.6) is 0 Å². The second-order valence-electron chi connectivity index (χ2n) is 6.79. The lowest BCUT2D eigenvalue weighted by molar-refractivity contribution is 0.0765. The van der Waals surface area contributed by atoms with Gasteiger partial charge in [0.25, 0.3) is 5.91 Å². The van der Waals surface area contributed by atoms with E-state index in [1.807, 2.05) is 6.92 Å². The smallest absolute Gasteiger partial charge is 0.253 e. The first-order chi connectivity index (χ1) is 11.4. The molecule has 7 heteroatoms. The molecular formula is C17H24N2O4S. The summed E-state index contributed by atoms with van der Waals surface area (Å²) in [5, 5.41) is 0. The Morgan fingerprint density at radius 2 is 2.08 bits per heavy atom. The largest absolute Gasteiger partial charge is 0.381 e. The Labute approximate surface area is 143 Å². The molecule has 0 spiro atoms. The van der Waals surface area contributed by atoms with Crippen LogP contribution in [0, 0.1) is 12.8 Å². The Morgan fingerprint density at radius 1 is 1.33 bits per heavy atom. The lowest BCUT2D eigenvalue weighted by Crippen LogP contribution is -2.33. The van der Waals surface area contributed by atoms with E-state index in [-0.39, 0.29) is 16.8 Å². The number of nitrogens with zero attached hydrogens (tertiary/aromatic N) is 1. The van der Waals surface area contributed by atoms with Gasteiger partial charge in [-0.2, -0.15) is 0 Å². The average Bonchev–Trinajstić information content (AvgIpc) is 3.18. The third kappa shape index (κ3) is 3.96. The molecule has 1 saturated heterocycles. The molecule has 2 fully saturated rings. The topological polar surface area (TPSA) is 75.7 Å². The number of hydrogen-bond donors (Lipinski definition) is 1. The fourth-order valence-electron chi connectivity index (χ4n) is 2.89. The zero-order valence-corrected chi connectivity index (χ0v) is 14.9. The van der Waals surface area contributed by atoms with Crippen molar-refractivity contribution in [3.63, 3.8) is 0 Å². The van der Waals surface area contributed by atoms with Crippen molar-refractivity contribution in [1.82, 2.24) is 9.62 Å². The third-order valence-electron chi connectivity index (χ3n) is 4.55. The fraction of sp³-hybridized carbons (Fsp3) is 0.588. The van der Waals surface area contributed by atoms with Crippen molar-refractivity contribution < 1.29 is 17.9 Å². The van der Waals surface area contributed by atoms with E-state index < -0.39 is 10.0 Å². The molecule has 1 aromatic carbocycles. The summed E-state index contributed by atoms with van der Waals surface area (Å²) in [6, 6.07) is 4.79. The van der Waals surface area contributed by atoms with E-state index in [1.165, 1.54) is 6.07 Å². The molecule has 1 atom stereocenters. The predicted octanol–water partition coefficient (Wildman–Crippen LogP) is 1.54. The Morgan fingerprint density at radius 3 is 2.71 bits per heavy atom. The fourth-order valence-corrected chi connectivity index (χ4v) is 4.22. The molecule has 1 N–H and O–H groups in total. The number of hydrogen-bond acceptors (Lipinski definition) is 4. The van der Waals surface area contributed by atoms with Crippen LogP contribution in [0.25, 0.3) is 0 Å². The number of nitrogens with one attached hydrogen (secondary N) is 1. The molecule has 2 aliphatic rings. The van der Waals surface area contributed by atoms with Crippen LogP contribution >= 0.6 is 0 Å². The lowest BCUT2D eigenvalue weighted by Gasteiger charge is -2.21. The van der Waals surface area contributed by atoms with Gasteiger partial charge in [0.1, 0.15) is 0 Å². The maximum Gasteiger partial charge on any atom is 0.253 e. The van der Waals surface area contributed by atoms with Crippen molar-refractivity contribution in [2.24, 2.45) is 5.92 Å². The van der Waals surface area contributed by atoms with Crippen LogP contribution in [-0.4, -0.2) is 52.1 Å². The maximum absolute atomic E-state index is 12.7. The first kappa shape index (κ1) is 17.4. The minimum absolute atomic E-state index is 0.0421. The highest BCUT2D eigenvalue weighted by Crippen LogP contribution is 2.24. The highest BCUT2D eigenvalue weighted by molar-refractivity contribution is 7.89. The number of rotatable bonds is 6. The Kier molecular flexibility index (Phi) is 4.94. The molecule has 0 aromatic heterocycles. The van der Waals surface area contributed by atoms with Crippen molar-refractivity contribution >= 4 is 15.9 Å². The zero-order chi connectivity index (χ0) is 17.3. The quantitative estimate of drug-likeness (QED) is 0.843. The number of carbonyl (C=O) groups excluding carboxylic acids is 1. The third-order valence-corrected chi connectivity index (χ3v) is 6.07. The Bertz CT molecular complexity index is 722. The minimum atomic E-state index is -3.56. The van der Waals surface area contributed by atoms with E-state index in [9.17, 15) is 13.2 Å². The molecule has 6 nitrogen and oxygen atoms in total. The van der Waals surface area contributed by atoms with E-state index in [0.29, 0.717) is 24.6 Å². The van der Waals surface area contributed by atoms with Crippen molar-refractivity contribution in [2.75, 3.05) is 26.8 Å². The molecule has 1 saturated carbocycles. The number of carbonyl (C=O) groups is 1. The molecule has 1 aliphatic carbocycles. The second kappa shape index (κ2) is 6.82. The van der Waals surface area contributed by atoms with Gasteiger partial charge in [0.05, 0.1) is 11.5 Å². The summed E-state index contributed by atoms with van der Waals surface area (Å²) >= 11 is 0. The van der Waals surface area contributed by atoms with Gasteiger partial charge in [-0.3, -0.25) is 4.79 Å². The predicted molar refractivity (Wildman–Crippen MR) is 90.4 cm³/mol. The highest BCUT2D eigenvalue weighted by Gasteiger charge is 2.29. The van der Waals surface area contributed by atoms with E-state index >= 15 is 0 Å². The normalized spacial score (nSPS) is 21.0. The van der Waals surface area contributed by atoms with Gasteiger partial charge in [-0.1, -0.05) is 6.07 Å². The van der Waals surface area contributed by atoms with Gasteiger partial charge >= 0.3 is 0 Å². The molecule has 0 radical (unpaired) electrons. The van der Waals surface area contributed by atoms with Gasteiger partial charge in [-0.05, 0) is 43.9 Å². The van der Waals surface area contributed by atoms with Crippen LogP contribution in [-0.2, 0) is 14.8 Å². The van der Waals surface area contributed by atoms with Crippen LogP contribution in [0.3, 0.4) is 0 Å². The van der Waals surface area contributed by atoms with Gasteiger partial charge in [0, 0.05) is 37.7 Å². The van der Waals surface area contributed by atoms with Gasteiger partial charge in [0.2, 0.25) is 10.0 Å². The molecule has 3 rings (SSSR count). The van der Waals surface area contributed by atoms with Crippen LogP contribution in [0.2, 0.25) is 0 Å². The van der Waals surface area contributed by atoms with Crippen molar-refractivity contribution in [3.05, 3.63) is 29.3 Å².